The van der Waals surface area contributed by atoms with Gasteiger partial charge in [0.05, 0.1) is 5.75 Å². The predicted octanol–water partition coefficient (Wildman–Crippen LogP) is 0.411. The Hall–Kier alpha value is 0.220. The monoisotopic (exact) mass is 264 g/mol. The Kier molecular flexibility index (Phi) is 4.52. The molecule has 0 spiro atoms. The Balaban J connectivity index is 1.61. The first-order valence-electron chi connectivity index (χ1n) is 5.94. The molecule has 0 amide bonds. The highest BCUT2D eigenvalue weighted by Gasteiger charge is 2.22. The standard InChI is InChI=1S/C10H20N2O2S2/c13-16(14,6-4-11-10-1-2-10)12-7-9-3-5-15-8-9/h9-12H,1-8H2. The zero-order valence-electron chi connectivity index (χ0n) is 9.44. The topological polar surface area (TPSA) is 58.2 Å². The van der Waals surface area contributed by atoms with Gasteiger partial charge in [0.2, 0.25) is 10.0 Å². The summed E-state index contributed by atoms with van der Waals surface area (Å²) in [6.45, 7) is 1.21. The Morgan fingerprint density at radius 2 is 2.06 bits per heavy atom. The number of rotatable bonds is 7. The van der Waals surface area contributed by atoms with E-state index < -0.39 is 10.0 Å². The van der Waals surface area contributed by atoms with Crippen molar-refractivity contribution in [3.8, 4) is 0 Å². The molecule has 1 heterocycles. The SMILES string of the molecule is O=S(=O)(CCNC1CC1)NCC1CCSC1. The third-order valence-electron chi connectivity index (χ3n) is 3.00. The fourth-order valence-electron chi connectivity index (χ4n) is 1.75. The van der Waals surface area contributed by atoms with E-state index in [0.717, 1.165) is 12.2 Å². The summed E-state index contributed by atoms with van der Waals surface area (Å²) >= 11 is 1.92. The molecule has 2 aliphatic rings. The van der Waals surface area contributed by atoms with Crippen molar-refractivity contribution in [3.63, 3.8) is 0 Å². The number of hydrogen-bond donors (Lipinski definition) is 2. The molecule has 16 heavy (non-hydrogen) atoms. The quantitative estimate of drug-likeness (QED) is 0.699. The van der Waals surface area contributed by atoms with Gasteiger partial charge in [-0.1, -0.05) is 0 Å². The lowest BCUT2D eigenvalue weighted by atomic mass is 10.1. The lowest BCUT2D eigenvalue weighted by Crippen LogP contribution is -2.35. The Labute approximate surface area is 102 Å². The van der Waals surface area contributed by atoms with Gasteiger partial charge in [-0.2, -0.15) is 11.8 Å². The summed E-state index contributed by atoms with van der Waals surface area (Å²) in [5.74, 6) is 3.03. The number of sulfonamides is 1. The fraction of sp³-hybridized carbons (Fsp3) is 1.00. The van der Waals surface area contributed by atoms with E-state index in [1.54, 1.807) is 0 Å². The molecule has 4 nitrogen and oxygen atoms in total. The van der Waals surface area contributed by atoms with Crippen LogP contribution in [0, 0.1) is 5.92 Å². The maximum atomic E-state index is 11.6. The van der Waals surface area contributed by atoms with Crippen LogP contribution in [0.15, 0.2) is 0 Å². The van der Waals surface area contributed by atoms with Crippen molar-refractivity contribution < 1.29 is 8.42 Å². The van der Waals surface area contributed by atoms with Crippen molar-refractivity contribution in [1.82, 2.24) is 10.0 Å². The van der Waals surface area contributed by atoms with Gasteiger partial charge in [-0.05, 0) is 36.7 Å². The lowest BCUT2D eigenvalue weighted by molar-refractivity contribution is 0.543. The van der Waals surface area contributed by atoms with Gasteiger partial charge in [0.25, 0.3) is 0 Å². The van der Waals surface area contributed by atoms with E-state index in [9.17, 15) is 8.42 Å². The van der Waals surface area contributed by atoms with Gasteiger partial charge in [-0.3, -0.25) is 0 Å². The summed E-state index contributed by atoms with van der Waals surface area (Å²) in [6.07, 6.45) is 3.55. The first-order chi connectivity index (χ1) is 7.66. The summed E-state index contributed by atoms with van der Waals surface area (Å²) in [7, 11) is -3.06. The molecule has 0 bridgehead atoms. The van der Waals surface area contributed by atoms with E-state index in [1.807, 2.05) is 11.8 Å². The van der Waals surface area contributed by atoms with Crippen LogP contribution < -0.4 is 10.0 Å². The fourth-order valence-corrected chi connectivity index (χ4v) is 4.05. The van der Waals surface area contributed by atoms with E-state index in [4.69, 9.17) is 0 Å². The molecule has 1 saturated heterocycles. The van der Waals surface area contributed by atoms with Crippen LogP contribution in [0.3, 0.4) is 0 Å². The predicted molar refractivity (Wildman–Crippen MR) is 68.2 cm³/mol. The largest absolute Gasteiger partial charge is 0.313 e. The van der Waals surface area contributed by atoms with E-state index in [2.05, 4.69) is 10.0 Å². The molecule has 0 aromatic rings. The highest BCUT2D eigenvalue weighted by molar-refractivity contribution is 7.99. The summed E-state index contributed by atoms with van der Waals surface area (Å²) in [5, 5.41) is 3.22. The number of nitrogens with one attached hydrogen (secondary N) is 2. The molecule has 1 unspecified atom stereocenters. The van der Waals surface area contributed by atoms with Crippen molar-refractivity contribution >= 4 is 21.8 Å². The van der Waals surface area contributed by atoms with E-state index in [1.165, 1.54) is 18.6 Å². The average molecular weight is 264 g/mol. The third kappa shape index (κ3) is 4.61. The van der Waals surface area contributed by atoms with E-state index in [0.29, 0.717) is 25.0 Å². The van der Waals surface area contributed by atoms with Gasteiger partial charge in [0, 0.05) is 19.1 Å². The molecule has 6 heteroatoms. The Morgan fingerprint density at radius 3 is 2.69 bits per heavy atom. The molecular weight excluding hydrogens is 244 g/mol. The highest BCUT2D eigenvalue weighted by atomic mass is 32.2. The second kappa shape index (κ2) is 5.71. The normalized spacial score (nSPS) is 26.1. The van der Waals surface area contributed by atoms with Gasteiger partial charge >= 0.3 is 0 Å². The molecule has 2 fully saturated rings. The van der Waals surface area contributed by atoms with Crippen molar-refractivity contribution in [2.75, 3.05) is 30.3 Å². The zero-order valence-corrected chi connectivity index (χ0v) is 11.1. The van der Waals surface area contributed by atoms with Crippen molar-refractivity contribution in [3.05, 3.63) is 0 Å². The van der Waals surface area contributed by atoms with Crippen LogP contribution in [0.4, 0.5) is 0 Å². The maximum absolute atomic E-state index is 11.6. The van der Waals surface area contributed by atoms with Gasteiger partial charge in [0.1, 0.15) is 0 Å². The van der Waals surface area contributed by atoms with Crippen molar-refractivity contribution in [2.45, 2.75) is 25.3 Å². The summed E-state index contributed by atoms with van der Waals surface area (Å²) in [5.41, 5.74) is 0. The van der Waals surface area contributed by atoms with E-state index in [-0.39, 0.29) is 5.75 Å². The molecular formula is C10H20N2O2S2. The second-order valence-corrected chi connectivity index (χ2v) is 7.70. The Bertz CT molecular complexity index is 309. The molecule has 1 atom stereocenters. The highest BCUT2D eigenvalue weighted by Crippen LogP contribution is 2.22. The summed E-state index contributed by atoms with van der Waals surface area (Å²) in [4.78, 5) is 0. The zero-order chi connectivity index (χ0) is 11.4. The van der Waals surface area contributed by atoms with Crippen LogP contribution >= 0.6 is 11.8 Å². The van der Waals surface area contributed by atoms with Crippen LogP contribution in [0.5, 0.6) is 0 Å². The molecule has 0 aromatic heterocycles. The minimum absolute atomic E-state index is 0.212. The number of thioether (sulfide) groups is 1. The lowest BCUT2D eigenvalue weighted by Gasteiger charge is -2.10. The Morgan fingerprint density at radius 1 is 1.25 bits per heavy atom. The molecule has 94 valence electrons. The van der Waals surface area contributed by atoms with Crippen molar-refractivity contribution in [1.29, 1.82) is 0 Å². The summed E-state index contributed by atoms with van der Waals surface area (Å²) in [6, 6.07) is 0.585. The molecule has 1 aliphatic carbocycles. The van der Waals surface area contributed by atoms with Gasteiger partial charge < -0.3 is 5.32 Å². The smallest absolute Gasteiger partial charge is 0.212 e. The van der Waals surface area contributed by atoms with Gasteiger partial charge in [-0.25, -0.2) is 13.1 Å². The molecule has 0 aromatic carbocycles. The minimum atomic E-state index is -3.06. The van der Waals surface area contributed by atoms with Crippen molar-refractivity contribution in [2.24, 2.45) is 5.92 Å². The minimum Gasteiger partial charge on any atom is -0.313 e. The van der Waals surface area contributed by atoms with Crippen LogP contribution in [0.2, 0.25) is 0 Å². The molecule has 0 radical (unpaired) electrons. The molecule has 1 saturated carbocycles. The molecule has 2 N–H and O–H groups in total. The van der Waals surface area contributed by atoms with Gasteiger partial charge in [0.15, 0.2) is 0 Å². The second-order valence-electron chi connectivity index (χ2n) is 4.63. The number of hydrogen-bond acceptors (Lipinski definition) is 4. The molecule has 2 rings (SSSR count). The first-order valence-corrected chi connectivity index (χ1v) is 8.75. The average Bonchev–Trinajstić information content (AvgIpc) is 2.91. The third-order valence-corrected chi connectivity index (χ3v) is 5.58. The van der Waals surface area contributed by atoms with Crippen LogP contribution in [0.1, 0.15) is 19.3 Å². The maximum Gasteiger partial charge on any atom is 0.212 e. The van der Waals surface area contributed by atoms with Gasteiger partial charge in [-0.15, -0.1) is 0 Å². The van der Waals surface area contributed by atoms with E-state index >= 15 is 0 Å². The van der Waals surface area contributed by atoms with Crippen LogP contribution in [-0.2, 0) is 10.0 Å². The first kappa shape index (κ1) is 12.7. The summed E-state index contributed by atoms with van der Waals surface area (Å²) < 4.78 is 26.0. The van der Waals surface area contributed by atoms with Crippen LogP contribution in [-0.4, -0.2) is 44.8 Å². The van der Waals surface area contributed by atoms with Crippen LogP contribution in [0.25, 0.3) is 0 Å². The molecule has 1 aliphatic heterocycles.